The number of halogens is 6. The highest BCUT2D eigenvalue weighted by atomic mass is 19.4. The zero-order valence-electron chi connectivity index (χ0n) is 41.3. The predicted octanol–water partition coefficient (Wildman–Crippen LogP) is 19.8. The van der Waals surface area contributed by atoms with Crippen molar-refractivity contribution in [2.45, 2.75) is 12.4 Å². The monoisotopic (exact) mass is 1030 g/mol. The van der Waals surface area contributed by atoms with Crippen LogP contribution in [0.15, 0.2) is 249 Å². The molecule has 0 saturated heterocycles. The molecule has 0 fully saturated rings. The van der Waals surface area contributed by atoms with Gasteiger partial charge in [-0.3, -0.25) is 0 Å². The van der Waals surface area contributed by atoms with Crippen LogP contribution in [0.5, 0.6) is 0 Å². The lowest BCUT2D eigenvalue weighted by Crippen LogP contribution is -2.14. The summed E-state index contributed by atoms with van der Waals surface area (Å²) < 4.78 is 95.3. The van der Waals surface area contributed by atoms with Crippen LogP contribution in [-0.4, -0.2) is 9.13 Å². The Morgan fingerprint density at radius 3 is 0.949 bits per heavy atom. The minimum absolute atomic E-state index is 0.234. The SMILES string of the molecule is N#Cc1ccc(-n2c3ccc(-c4ccccc4)cc3c3cc(-c4ccccc4)ccc32)c(-c2cc(-c3c(C(F)(F)F)cccc3C(F)(F)F)ccc2-n2c3ccc(-c4ccccc4)cc3c3cc(-c4ccccc4)ccc32)c1. The van der Waals surface area contributed by atoms with Crippen LogP contribution in [0.1, 0.15) is 16.7 Å². The predicted molar refractivity (Wildman–Crippen MR) is 302 cm³/mol. The fourth-order valence-electron chi connectivity index (χ4n) is 11.3. The average molecular weight is 1030 g/mol. The summed E-state index contributed by atoms with van der Waals surface area (Å²) in [5.74, 6) is 0. The molecule has 2 heterocycles. The summed E-state index contributed by atoms with van der Waals surface area (Å²) in [5, 5.41) is 14.3. The lowest BCUT2D eigenvalue weighted by atomic mass is 9.90. The number of nitriles is 1. The largest absolute Gasteiger partial charge is 0.417 e. The van der Waals surface area contributed by atoms with Crippen molar-refractivity contribution in [3.63, 3.8) is 0 Å². The Hall–Kier alpha value is -9.91. The minimum Gasteiger partial charge on any atom is -0.309 e. The normalized spacial score (nSPS) is 12.0. The smallest absolute Gasteiger partial charge is 0.309 e. The molecule has 0 aliphatic heterocycles. The van der Waals surface area contributed by atoms with Crippen LogP contribution in [-0.2, 0) is 12.4 Å². The molecule has 0 amide bonds. The number of hydrogen-bond donors (Lipinski definition) is 0. The van der Waals surface area contributed by atoms with Crippen molar-refractivity contribution < 1.29 is 26.3 Å². The van der Waals surface area contributed by atoms with E-state index in [9.17, 15) is 5.26 Å². The van der Waals surface area contributed by atoms with Gasteiger partial charge in [0.1, 0.15) is 0 Å². The number of aromatic nitrogens is 2. The van der Waals surface area contributed by atoms with Gasteiger partial charge in [-0.25, -0.2) is 0 Å². The second-order valence-electron chi connectivity index (χ2n) is 19.4. The van der Waals surface area contributed by atoms with E-state index in [4.69, 9.17) is 0 Å². The lowest BCUT2D eigenvalue weighted by Gasteiger charge is -2.22. The van der Waals surface area contributed by atoms with E-state index in [-0.39, 0.29) is 11.1 Å². The molecule has 13 aromatic rings. The van der Waals surface area contributed by atoms with Crippen LogP contribution in [0.3, 0.4) is 0 Å². The zero-order valence-corrected chi connectivity index (χ0v) is 41.3. The van der Waals surface area contributed by atoms with E-state index in [0.717, 1.165) is 94.2 Å². The number of benzene rings is 11. The third-order valence-electron chi connectivity index (χ3n) is 14.8. The van der Waals surface area contributed by atoms with Gasteiger partial charge in [-0.05, 0) is 141 Å². The van der Waals surface area contributed by atoms with E-state index in [1.165, 1.54) is 12.1 Å². The molecule has 0 atom stereocenters. The summed E-state index contributed by atoms with van der Waals surface area (Å²) in [6.07, 6.45) is -10.3. The number of hydrogen-bond acceptors (Lipinski definition) is 1. The molecule has 0 radical (unpaired) electrons. The zero-order chi connectivity index (χ0) is 53.3. The van der Waals surface area contributed by atoms with Crippen LogP contribution >= 0.6 is 0 Å². The van der Waals surface area contributed by atoms with Crippen LogP contribution in [0.2, 0.25) is 0 Å². The van der Waals surface area contributed by atoms with Gasteiger partial charge in [0.2, 0.25) is 0 Å². The summed E-state index contributed by atoms with van der Waals surface area (Å²) in [6, 6.07) is 78.7. The van der Waals surface area contributed by atoms with Gasteiger partial charge in [-0.1, -0.05) is 158 Å². The maximum absolute atomic E-state index is 15.2. The number of rotatable bonds is 8. The minimum atomic E-state index is -5.15. The van der Waals surface area contributed by atoms with E-state index in [0.29, 0.717) is 34.6 Å². The molecule has 3 nitrogen and oxygen atoms in total. The lowest BCUT2D eigenvalue weighted by molar-refractivity contribution is -0.142. The molecule has 374 valence electrons. The van der Waals surface area contributed by atoms with Crippen molar-refractivity contribution in [2.24, 2.45) is 0 Å². The van der Waals surface area contributed by atoms with Crippen molar-refractivity contribution >= 4 is 43.6 Å². The maximum Gasteiger partial charge on any atom is 0.417 e. The standard InChI is InChI=1S/C69H41F6N3/c70-68(71,72)59-22-13-23-60(69(73,74)75)67(59)52-29-35-66(78-64-33-27-50(46-18-9-3-10-19-46)39-56(64)57-40-51(28-34-65(57)78)47-20-11-4-12-21-47)58(41-52)53-36-43(42-76)24-30-61(53)77-62-31-25-48(44-14-5-1-6-15-44)37-54(62)55-38-49(26-32-63(55)77)45-16-7-2-8-17-45/h1-41H. The third kappa shape index (κ3) is 8.26. The first kappa shape index (κ1) is 47.8. The molecule has 0 bridgehead atoms. The first-order chi connectivity index (χ1) is 37.9. The topological polar surface area (TPSA) is 33.6 Å². The summed E-state index contributed by atoms with van der Waals surface area (Å²) >= 11 is 0. The Morgan fingerprint density at radius 1 is 0.295 bits per heavy atom. The molecule has 13 rings (SSSR count). The molecule has 0 N–H and O–H groups in total. The van der Waals surface area contributed by atoms with E-state index >= 15 is 26.3 Å². The molecule has 2 aromatic heterocycles. The highest BCUT2D eigenvalue weighted by Crippen LogP contribution is 2.49. The van der Waals surface area contributed by atoms with Crippen molar-refractivity contribution in [1.82, 2.24) is 9.13 Å². The summed E-state index contributed by atoms with van der Waals surface area (Å²) in [7, 11) is 0. The van der Waals surface area contributed by atoms with Gasteiger partial charge in [0.25, 0.3) is 0 Å². The second-order valence-corrected chi connectivity index (χ2v) is 19.4. The van der Waals surface area contributed by atoms with Crippen LogP contribution < -0.4 is 0 Å². The van der Waals surface area contributed by atoms with Crippen molar-refractivity contribution in [3.8, 4) is 84.2 Å². The molecule has 0 spiro atoms. The second kappa shape index (κ2) is 18.7. The van der Waals surface area contributed by atoms with Gasteiger partial charge in [0, 0.05) is 38.2 Å². The van der Waals surface area contributed by atoms with E-state index in [1.807, 2.05) is 180 Å². The first-order valence-corrected chi connectivity index (χ1v) is 25.3. The van der Waals surface area contributed by atoms with Gasteiger partial charge in [0.15, 0.2) is 0 Å². The summed E-state index contributed by atoms with van der Waals surface area (Å²) in [4.78, 5) is 0. The fraction of sp³-hybridized carbons (Fsp3) is 0.0290. The number of fused-ring (bicyclic) bond motifs is 6. The van der Waals surface area contributed by atoms with E-state index in [1.54, 1.807) is 18.2 Å². The highest BCUT2D eigenvalue weighted by Gasteiger charge is 2.41. The van der Waals surface area contributed by atoms with Crippen molar-refractivity contribution in [2.75, 3.05) is 0 Å². The van der Waals surface area contributed by atoms with E-state index in [2.05, 4.69) is 34.9 Å². The number of nitrogens with zero attached hydrogens (tertiary/aromatic N) is 3. The van der Waals surface area contributed by atoms with Gasteiger partial charge in [0.05, 0.1) is 56.2 Å². The molecule has 0 unspecified atom stereocenters. The van der Waals surface area contributed by atoms with Crippen molar-refractivity contribution in [3.05, 3.63) is 265 Å². The molecule has 0 aliphatic rings. The average Bonchev–Trinajstić information content (AvgIpc) is 4.21. The molecular formula is C69H41F6N3. The Morgan fingerprint density at radius 2 is 0.615 bits per heavy atom. The van der Waals surface area contributed by atoms with Crippen LogP contribution in [0.4, 0.5) is 26.3 Å². The van der Waals surface area contributed by atoms with Gasteiger partial charge >= 0.3 is 12.4 Å². The Labute approximate surface area is 444 Å². The molecule has 9 heteroatoms. The Kier molecular flexibility index (Phi) is 11.5. The molecule has 11 aromatic carbocycles. The van der Waals surface area contributed by atoms with Gasteiger partial charge in [-0.15, -0.1) is 0 Å². The van der Waals surface area contributed by atoms with Gasteiger partial charge in [-0.2, -0.15) is 31.6 Å². The summed E-state index contributed by atoms with van der Waals surface area (Å²) in [6.45, 7) is 0. The number of alkyl halides is 6. The molecule has 0 saturated carbocycles. The molecular weight excluding hydrogens is 985 g/mol. The van der Waals surface area contributed by atoms with Gasteiger partial charge < -0.3 is 9.13 Å². The van der Waals surface area contributed by atoms with E-state index < -0.39 is 29.0 Å². The van der Waals surface area contributed by atoms with Crippen molar-refractivity contribution in [1.29, 1.82) is 5.26 Å². The quantitative estimate of drug-likeness (QED) is 0.140. The molecule has 0 aliphatic carbocycles. The molecule has 78 heavy (non-hydrogen) atoms. The first-order valence-electron chi connectivity index (χ1n) is 25.3. The Bertz CT molecular complexity index is 4280. The maximum atomic E-state index is 15.2. The Balaban J connectivity index is 1.15. The van der Waals surface area contributed by atoms with Crippen LogP contribution in [0, 0.1) is 11.3 Å². The fourth-order valence-corrected chi connectivity index (χ4v) is 11.3. The third-order valence-corrected chi connectivity index (χ3v) is 14.8. The highest BCUT2D eigenvalue weighted by molar-refractivity contribution is 6.14. The van der Waals surface area contributed by atoms with Crippen LogP contribution in [0.25, 0.3) is 122 Å². The summed E-state index contributed by atoms with van der Waals surface area (Å²) in [5.41, 5.74) is 8.71.